The molecule has 0 aromatic heterocycles. The van der Waals surface area contributed by atoms with Crippen molar-refractivity contribution in [2.24, 2.45) is 0 Å². The summed E-state index contributed by atoms with van der Waals surface area (Å²) in [7, 11) is 0. The molecule has 0 radical (unpaired) electrons. The molecule has 1 aromatic carbocycles. The monoisotopic (exact) mass is 203 g/mol. The molecular formula is C13H17NO. The van der Waals surface area contributed by atoms with Gasteiger partial charge in [0.15, 0.2) is 0 Å². The summed E-state index contributed by atoms with van der Waals surface area (Å²) in [6, 6.07) is 7.68. The van der Waals surface area contributed by atoms with Gasteiger partial charge >= 0.3 is 0 Å². The molecule has 2 atom stereocenters. The molecule has 2 heteroatoms. The van der Waals surface area contributed by atoms with Crippen LogP contribution in [0.2, 0.25) is 0 Å². The van der Waals surface area contributed by atoms with Crippen molar-refractivity contribution in [1.29, 1.82) is 0 Å². The number of nitrogens with one attached hydrogen (secondary N) is 1. The highest BCUT2D eigenvalue weighted by atomic mass is 16.3. The fourth-order valence-electron chi connectivity index (χ4n) is 1.52. The molecule has 0 heterocycles. The Morgan fingerprint density at radius 1 is 1.33 bits per heavy atom. The largest absolute Gasteiger partial charge is 0.508 e. The van der Waals surface area contributed by atoms with E-state index in [1.807, 2.05) is 19.1 Å². The topological polar surface area (TPSA) is 32.3 Å². The van der Waals surface area contributed by atoms with Crippen molar-refractivity contribution in [3.63, 3.8) is 0 Å². The van der Waals surface area contributed by atoms with Crippen LogP contribution in [0.4, 0.5) is 0 Å². The molecule has 15 heavy (non-hydrogen) atoms. The van der Waals surface area contributed by atoms with Crippen molar-refractivity contribution in [3.05, 3.63) is 29.8 Å². The zero-order chi connectivity index (χ0) is 11.3. The van der Waals surface area contributed by atoms with E-state index in [0.717, 1.165) is 6.42 Å². The fourth-order valence-corrected chi connectivity index (χ4v) is 1.52. The summed E-state index contributed by atoms with van der Waals surface area (Å²) < 4.78 is 0. The van der Waals surface area contributed by atoms with Gasteiger partial charge in [0.2, 0.25) is 0 Å². The molecule has 2 N–H and O–H groups in total. The van der Waals surface area contributed by atoms with E-state index in [1.165, 1.54) is 5.56 Å². The van der Waals surface area contributed by atoms with Gasteiger partial charge < -0.3 is 10.4 Å². The van der Waals surface area contributed by atoms with Crippen molar-refractivity contribution >= 4 is 0 Å². The Balaban J connectivity index is 2.48. The lowest BCUT2D eigenvalue weighted by Crippen LogP contribution is -2.34. The van der Waals surface area contributed by atoms with Crippen LogP contribution in [0, 0.1) is 12.3 Å². The highest BCUT2D eigenvalue weighted by Crippen LogP contribution is 2.11. The number of hydrogen-bond acceptors (Lipinski definition) is 2. The maximum atomic E-state index is 9.13. The maximum absolute atomic E-state index is 9.13. The standard InChI is InChI=1S/C13H17NO/c1-4-10(2)14-11(3)9-12-5-7-13(15)8-6-12/h1,5-8,10-11,14-15H,9H2,2-3H3. The molecule has 0 spiro atoms. The molecule has 2 nitrogen and oxygen atoms in total. The summed E-state index contributed by atoms with van der Waals surface area (Å²) in [4.78, 5) is 0. The van der Waals surface area contributed by atoms with Crippen LogP contribution in [0.25, 0.3) is 0 Å². The Kier molecular flexibility index (Phi) is 4.20. The number of hydrogen-bond donors (Lipinski definition) is 2. The number of phenols is 1. The zero-order valence-corrected chi connectivity index (χ0v) is 9.20. The predicted octanol–water partition coefficient (Wildman–Crippen LogP) is 1.93. The molecule has 0 bridgehead atoms. The van der Waals surface area contributed by atoms with Crippen LogP contribution in [-0.4, -0.2) is 17.2 Å². The van der Waals surface area contributed by atoms with E-state index in [0.29, 0.717) is 11.8 Å². The van der Waals surface area contributed by atoms with Crippen LogP contribution < -0.4 is 5.32 Å². The molecule has 0 aliphatic heterocycles. The highest BCUT2D eigenvalue weighted by Gasteiger charge is 2.05. The number of rotatable bonds is 4. The minimum Gasteiger partial charge on any atom is -0.508 e. The fraction of sp³-hybridized carbons (Fsp3) is 0.385. The van der Waals surface area contributed by atoms with Gasteiger partial charge in [0.1, 0.15) is 5.75 Å². The van der Waals surface area contributed by atoms with E-state index in [9.17, 15) is 0 Å². The van der Waals surface area contributed by atoms with Crippen molar-refractivity contribution in [1.82, 2.24) is 5.32 Å². The minimum absolute atomic E-state index is 0.0946. The Labute approximate surface area is 91.3 Å². The van der Waals surface area contributed by atoms with E-state index < -0.39 is 0 Å². The van der Waals surface area contributed by atoms with E-state index in [-0.39, 0.29) is 6.04 Å². The molecule has 2 unspecified atom stereocenters. The maximum Gasteiger partial charge on any atom is 0.115 e. The van der Waals surface area contributed by atoms with Crippen molar-refractivity contribution in [2.45, 2.75) is 32.4 Å². The molecule has 1 aromatic rings. The molecular weight excluding hydrogens is 186 g/mol. The van der Waals surface area contributed by atoms with Crippen molar-refractivity contribution in [3.8, 4) is 18.1 Å². The van der Waals surface area contributed by atoms with Crippen LogP contribution in [0.5, 0.6) is 5.75 Å². The Morgan fingerprint density at radius 2 is 1.93 bits per heavy atom. The molecule has 0 aliphatic rings. The summed E-state index contributed by atoms with van der Waals surface area (Å²) >= 11 is 0. The minimum atomic E-state index is 0.0946. The van der Waals surface area contributed by atoms with Crippen LogP contribution in [0.15, 0.2) is 24.3 Å². The first-order valence-corrected chi connectivity index (χ1v) is 5.12. The summed E-state index contributed by atoms with van der Waals surface area (Å²) in [5, 5.41) is 12.4. The normalized spacial score (nSPS) is 14.2. The first-order valence-electron chi connectivity index (χ1n) is 5.12. The van der Waals surface area contributed by atoms with Gasteiger partial charge in [-0.1, -0.05) is 18.1 Å². The third-order valence-corrected chi connectivity index (χ3v) is 2.26. The van der Waals surface area contributed by atoms with E-state index in [2.05, 4.69) is 18.2 Å². The highest BCUT2D eigenvalue weighted by molar-refractivity contribution is 5.26. The Morgan fingerprint density at radius 3 is 2.47 bits per heavy atom. The van der Waals surface area contributed by atoms with E-state index >= 15 is 0 Å². The van der Waals surface area contributed by atoms with E-state index in [1.54, 1.807) is 12.1 Å². The predicted molar refractivity (Wildman–Crippen MR) is 62.7 cm³/mol. The lowest BCUT2D eigenvalue weighted by Gasteiger charge is -2.16. The molecule has 1 rings (SSSR count). The second-order valence-corrected chi connectivity index (χ2v) is 3.83. The molecule has 0 saturated heterocycles. The third-order valence-electron chi connectivity index (χ3n) is 2.26. The quantitative estimate of drug-likeness (QED) is 0.733. The van der Waals surface area contributed by atoms with Crippen LogP contribution in [0.3, 0.4) is 0 Å². The van der Waals surface area contributed by atoms with Gasteiger partial charge in [0, 0.05) is 6.04 Å². The first-order chi connectivity index (χ1) is 7.11. The van der Waals surface area contributed by atoms with Gasteiger partial charge in [-0.15, -0.1) is 6.42 Å². The zero-order valence-electron chi connectivity index (χ0n) is 9.20. The molecule has 80 valence electrons. The molecule has 0 saturated carbocycles. The van der Waals surface area contributed by atoms with Gasteiger partial charge in [0.25, 0.3) is 0 Å². The van der Waals surface area contributed by atoms with Gasteiger partial charge in [-0.2, -0.15) is 0 Å². The average Bonchev–Trinajstić information content (AvgIpc) is 2.21. The first kappa shape index (κ1) is 11.6. The number of aromatic hydroxyl groups is 1. The van der Waals surface area contributed by atoms with Gasteiger partial charge in [-0.3, -0.25) is 0 Å². The smallest absolute Gasteiger partial charge is 0.115 e. The van der Waals surface area contributed by atoms with Crippen LogP contribution >= 0.6 is 0 Å². The van der Waals surface area contributed by atoms with Crippen LogP contribution in [0.1, 0.15) is 19.4 Å². The van der Waals surface area contributed by atoms with Crippen molar-refractivity contribution < 1.29 is 5.11 Å². The second-order valence-electron chi connectivity index (χ2n) is 3.83. The van der Waals surface area contributed by atoms with Gasteiger partial charge in [-0.05, 0) is 38.0 Å². The number of terminal acetylenes is 1. The van der Waals surface area contributed by atoms with Gasteiger partial charge in [0.05, 0.1) is 6.04 Å². The molecule has 0 aliphatic carbocycles. The molecule has 0 amide bonds. The second kappa shape index (κ2) is 5.43. The van der Waals surface area contributed by atoms with Crippen LogP contribution in [-0.2, 0) is 6.42 Å². The Hall–Kier alpha value is -1.46. The summed E-state index contributed by atoms with van der Waals surface area (Å²) in [6.07, 6.45) is 6.20. The lowest BCUT2D eigenvalue weighted by atomic mass is 10.1. The summed E-state index contributed by atoms with van der Waals surface area (Å²) in [5.41, 5.74) is 1.19. The number of benzene rings is 1. The number of phenolic OH excluding ortho intramolecular Hbond substituents is 1. The lowest BCUT2D eigenvalue weighted by molar-refractivity contribution is 0.474. The summed E-state index contributed by atoms with van der Waals surface area (Å²) in [5.74, 6) is 2.94. The van der Waals surface area contributed by atoms with E-state index in [4.69, 9.17) is 11.5 Å². The molecule has 0 fully saturated rings. The SMILES string of the molecule is C#CC(C)NC(C)Cc1ccc(O)cc1. The van der Waals surface area contributed by atoms with Gasteiger partial charge in [-0.25, -0.2) is 0 Å². The summed E-state index contributed by atoms with van der Waals surface area (Å²) in [6.45, 7) is 4.06. The average molecular weight is 203 g/mol. The van der Waals surface area contributed by atoms with Crippen molar-refractivity contribution in [2.75, 3.05) is 0 Å². The third kappa shape index (κ3) is 4.05. The Bertz CT molecular complexity index is 337.